The largest absolute Gasteiger partial charge is 0.435 e. The molecule has 0 saturated heterocycles. The Morgan fingerprint density at radius 2 is 1.79 bits per heavy atom. The van der Waals surface area contributed by atoms with E-state index >= 15 is 0 Å². The summed E-state index contributed by atoms with van der Waals surface area (Å²) in [6, 6.07) is 10.5. The summed E-state index contributed by atoms with van der Waals surface area (Å²) in [5.41, 5.74) is 1.23. The topological polar surface area (TPSA) is 46.6 Å². The molecule has 4 nitrogen and oxygen atoms in total. The Balaban J connectivity index is 2.19. The minimum atomic E-state index is -3.72. The molecule has 0 saturated carbocycles. The molecule has 2 rings (SSSR count). The van der Waals surface area contributed by atoms with Crippen molar-refractivity contribution < 1.29 is 21.9 Å². The average molecular weight is 376 g/mol. The third kappa shape index (κ3) is 4.43. The zero-order chi connectivity index (χ0) is 17.9. The van der Waals surface area contributed by atoms with E-state index in [9.17, 15) is 17.2 Å². The van der Waals surface area contributed by atoms with Gasteiger partial charge in [0.05, 0.1) is 4.90 Å². The van der Waals surface area contributed by atoms with E-state index in [-0.39, 0.29) is 17.2 Å². The van der Waals surface area contributed by atoms with Crippen molar-refractivity contribution in [3.05, 3.63) is 58.6 Å². The Hall–Kier alpha value is -1.70. The molecule has 0 spiro atoms. The summed E-state index contributed by atoms with van der Waals surface area (Å²) in [6.45, 7) is -1.12. The summed E-state index contributed by atoms with van der Waals surface area (Å²) in [5, 5.41) is 0.334. The van der Waals surface area contributed by atoms with Crippen molar-refractivity contribution in [2.24, 2.45) is 0 Å². The molecule has 2 aromatic rings. The smallest absolute Gasteiger partial charge is 0.387 e. The van der Waals surface area contributed by atoms with Crippen LogP contribution in [0.3, 0.4) is 0 Å². The van der Waals surface area contributed by atoms with Gasteiger partial charge in [0.15, 0.2) is 0 Å². The molecule has 2 aromatic carbocycles. The second-order valence-corrected chi connectivity index (χ2v) is 7.64. The first-order valence-electron chi connectivity index (χ1n) is 6.96. The van der Waals surface area contributed by atoms with Crippen LogP contribution in [0, 0.1) is 6.92 Å². The zero-order valence-corrected chi connectivity index (χ0v) is 14.6. The molecular formula is C16H16ClF2NO3S. The Morgan fingerprint density at radius 1 is 1.17 bits per heavy atom. The van der Waals surface area contributed by atoms with Crippen molar-refractivity contribution in [1.82, 2.24) is 4.31 Å². The van der Waals surface area contributed by atoms with Crippen LogP contribution < -0.4 is 4.74 Å². The monoisotopic (exact) mass is 375 g/mol. The number of sulfonamides is 1. The molecule has 0 bridgehead atoms. The second kappa shape index (κ2) is 7.46. The predicted molar refractivity (Wildman–Crippen MR) is 87.9 cm³/mol. The van der Waals surface area contributed by atoms with E-state index < -0.39 is 16.6 Å². The van der Waals surface area contributed by atoms with Gasteiger partial charge < -0.3 is 4.74 Å². The quantitative estimate of drug-likeness (QED) is 0.764. The molecule has 0 N–H and O–H groups in total. The van der Waals surface area contributed by atoms with Crippen molar-refractivity contribution in [2.75, 3.05) is 7.05 Å². The van der Waals surface area contributed by atoms with Crippen molar-refractivity contribution in [3.8, 4) is 5.75 Å². The van der Waals surface area contributed by atoms with Crippen molar-refractivity contribution in [2.45, 2.75) is 25.0 Å². The van der Waals surface area contributed by atoms with Crippen molar-refractivity contribution in [3.63, 3.8) is 0 Å². The maximum atomic E-state index is 12.7. The van der Waals surface area contributed by atoms with Gasteiger partial charge in [0, 0.05) is 18.6 Å². The van der Waals surface area contributed by atoms with Crippen LogP contribution >= 0.6 is 11.6 Å². The Bertz CT molecular complexity index is 811. The van der Waals surface area contributed by atoms with Crippen LogP contribution in [0.25, 0.3) is 0 Å². The average Bonchev–Trinajstić information content (AvgIpc) is 2.51. The SMILES string of the molecule is Cc1ccc(Cl)cc1S(=O)(=O)N(C)Cc1ccc(OC(F)F)cc1. The molecule has 0 unspecified atom stereocenters. The summed E-state index contributed by atoms with van der Waals surface area (Å²) < 4.78 is 55.0. The molecule has 0 aliphatic rings. The van der Waals surface area contributed by atoms with Gasteiger partial charge in [-0.1, -0.05) is 29.8 Å². The first-order chi connectivity index (χ1) is 11.2. The number of hydrogen-bond acceptors (Lipinski definition) is 3. The lowest BCUT2D eigenvalue weighted by Crippen LogP contribution is -2.27. The number of alkyl halides is 2. The van der Waals surface area contributed by atoms with E-state index in [1.165, 1.54) is 41.7 Å². The first-order valence-corrected chi connectivity index (χ1v) is 8.78. The lowest BCUT2D eigenvalue weighted by molar-refractivity contribution is -0.0498. The summed E-state index contributed by atoms with van der Waals surface area (Å²) in [6.07, 6.45) is 0. The molecule has 0 aliphatic heterocycles. The highest BCUT2D eigenvalue weighted by Crippen LogP contribution is 2.24. The third-order valence-electron chi connectivity index (χ3n) is 3.39. The molecule has 0 aromatic heterocycles. The molecule has 0 aliphatic carbocycles. The number of ether oxygens (including phenoxy) is 1. The fraction of sp³-hybridized carbons (Fsp3) is 0.250. The maximum Gasteiger partial charge on any atom is 0.387 e. The van der Waals surface area contributed by atoms with Crippen LogP contribution in [-0.4, -0.2) is 26.4 Å². The van der Waals surface area contributed by atoms with Crippen molar-refractivity contribution in [1.29, 1.82) is 0 Å². The number of rotatable bonds is 6. The molecule has 130 valence electrons. The van der Waals surface area contributed by atoms with E-state index in [0.29, 0.717) is 16.1 Å². The highest BCUT2D eigenvalue weighted by molar-refractivity contribution is 7.89. The van der Waals surface area contributed by atoms with Gasteiger partial charge in [-0.3, -0.25) is 0 Å². The standard InChI is InChI=1S/C16H16ClF2NO3S/c1-11-3-6-13(17)9-15(11)24(21,22)20(2)10-12-4-7-14(8-5-12)23-16(18)19/h3-9,16H,10H2,1-2H3. The minimum Gasteiger partial charge on any atom is -0.435 e. The number of benzene rings is 2. The Labute approximate surface area is 144 Å². The van der Waals surface area contributed by atoms with Crippen LogP contribution in [0.4, 0.5) is 8.78 Å². The first kappa shape index (κ1) is 18.6. The molecule has 0 atom stereocenters. The summed E-state index contributed by atoms with van der Waals surface area (Å²) in [4.78, 5) is 0.134. The second-order valence-electron chi connectivity index (χ2n) is 5.19. The summed E-state index contributed by atoms with van der Waals surface area (Å²) in [7, 11) is -2.28. The normalized spacial score (nSPS) is 12.0. The lowest BCUT2D eigenvalue weighted by atomic mass is 10.2. The van der Waals surface area contributed by atoms with E-state index in [0.717, 1.165) is 0 Å². The van der Waals surface area contributed by atoms with E-state index in [4.69, 9.17) is 11.6 Å². The number of nitrogens with zero attached hydrogens (tertiary/aromatic N) is 1. The van der Waals surface area contributed by atoms with Gasteiger partial charge >= 0.3 is 6.61 Å². The minimum absolute atomic E-state index is 0.0185. The molecule has 0 heterocycles. The number of aryl methyl sites for hydroxylation is 1. The van der Waals surface area contributed by atoms with Gasteiger partial charge in [-0.2, -0.15) is 13.1 Å². The lowest BCUT2D eigenvalue weighted by Gasteiger charge is -2.19. The van der Waals surface area contributed by atoms with E-state index in [2.05, 4.69) is 4.74 Å². The van der Waals surface area contributed by atoms with Crippen LogP contribution in [0.2, 0.25) is 5.02 Å². The van der Waals surface area contributed by atoms with Gasteiger partial charge in [-0.25, -0.2) is 8.42 Å². The van der Waals surface area contributed by atoms with Gasteiger partial charge in [-0.05, 0) is 42.3 Å². The molecule has 0 radical (unpaired) electrons. The fourth-order valence-electron chi connectivity index (χ4n) is 2.14. The number of hydrogen-bond donors (Lipinski definition) is 0. The molecule has 24 heavy (non-hydrogen) atoms. The van der Waals surface area contributed by atoms with Gasteiger partial charge in [-0.15, -0.1) is 0 Å². The molecule has 0 fully saturated rings. The maximum absolute atomic E-state index is 12.7. The number of halogens is 3. The highest BCUT2D eigenvalue weighted by atomic mass is 35.5. The van der Waals surface area contributed by atoms with Crippen LogP contribution in [-0.2, 0) is 16.6 Å². The summed E-state index contributed by atoms with van der Waals surface area (Å²) >= 11 is 5.89. The van der Waals surface area contributed by atoms with Crippen LogP contribution in [0.5, 0.6) is 5.75 Å². The zero-order valence-electron chi connectivity index (χ0n) is 13.0. The molecule has 8 heteroatoms. The molecular weight excluding hydrogens is 360 g/mol. The van der Waals surface area contributed by atoms with E-state index in [1.807, 2.05) is 0 Å². The highest BCUT2D eigenvalue weighted by Gasteiger charge is 2.23. The van der Waals surface area contributed by atoms with Crippen LogP contribution in [0.15, 0.2) is 47.4 Å². The van der Waals surface area contributed by atoms with Crippen molar-refractivity contribution >= 4 is 21.6 Å². The van der Waals surface area contributed by atoms with Crippen LogP contribution in [0.1, 0.15) is 11.1 Å². The summed E-state index contributed by atoms with van der Waals surface area (Å²) in [5.74, 6) is 0.0185. The Morgan fingerprint density at radius 3 is 2.38 bits per heavy atom. The third-order valence-corrected chi connectivity index (χ3v) is 5.57. The Kier molecular flexibility index (Phi) is 5.79. The fourth-order valence-corrected chi connectivity index (χ4v) is 3.78. The predicted octanol–water partition coefficient (Wildman–Crippen LogP) is 4.07. The van der Waals surface area contributed by atoms with Gasteiger partial charge in [0.25, 0.3) is 0 Å². The van der Waals surface area contributed by atoms with Gasteiger partial charge in [0.1, 0.15) is 5.75 Å². The molecule has 0 amide bonds. The van der Waals surface area contributed by atoms with E-state index in [1.54, 1.807) is 19.1 Å². The van der Waals surface area contributed by atoms with Gasteiger partial charge in [0.2, 0.25) is 10.0 Å².